The van der Waals surface area contributed by atoms with E-state index in [1.165, 1.54) is 0 Å². The van der Waals surface area contributed by atoms with Crippen molar-refractivity contribution in [2.24, 2.45) is 0 Å². The standard InChI is InChI=1S/C19H27N5O2/c1-16-7-11-21-24(16)13-8-18(25)22(2)14-19(26)9-5-12-23(15-19)17-6-3-4-10-20-17/h3-4,6-7,10-11,26H,5,8-9,12-15H2,1-2H3. The van der Waals surface area contributed by atoms with Crippen LogP contribution in [-0.2, 0) is 11.3 Å². The first kappa shape index (κ1) is 18.4. The van der Waals surface area contributed by atoms with E-state index < -0.39 is 5.60 Å². The lowest BCUT2D eigenvalue weighted by Crippen LogP contribution is -2.55. The maximum Gasteiger partial charge on any atom is 0.224 e. The van der Waals surface area contributed by atoms with Crippen molar-refractivity contribution in [3.8, 4) is 0 Å². The fourth-order valence-corrected chi connectivity index (χ4v) is 3.53. The molecule has 1 aliphatic rings. The molecule has 1 atom stereocenters. The van der Waals surface area contributed by atoms with E-state index in [1.54, 1.807) is 24.3 Å². The van der Waals surface area contributed by atoms with Gasteiger partial charge in [-0.15, -0.1) is 0 Å². The van der Waals surface area contributed by atoms with Gasteiger partial charge in [-0.25, -0.2) is 4.98 Å². The van der Waals surface area contributed by atoms with Crippen molar-refractivity contribution < 1.29 is 9.90 Å². The zero-order chi connectivity index (χ0) is 18.6. The maximum absolute atomic E-state index is 12.5. The molecule has 1 amide bonds. The Hall–Kier alpha value is -2.41. The summed E-state index contributed by atoms with van der Waals surface area (Å²) in [7, 11) is 1.76. The zero-order valence-corrected chi connectivity index (χ0v) is 15.5. The van der Waals surface area contributed by atoms with Crippen molar-refractivity contribution in [1.29, 1.82) is 0 Å². The van der Waals surface area contributed by atoms with Crippen molar-refractivity contribution in [3.05, 3.63) is 42.4 Å². The highest BCUT2D eigenvalue weighted by molar-refractivity contribution is 5.75. The van der Waals surface area contributed by atoms with Gasteiger partial charge in [-0.1, -0.05) is 6.07 Å². The molecule has 0 spiro atoms. The molecule has 1 fully saturated rings. The van der Waals surface area contributed by atoms with Crippen molar-refractivity contribution in [1.82, 2.24) is 19.7 Å². The molecule has 1 aliphatic heterocycles. The van der Waals surface area contributed by atoms with Crippen LogP contribution in [0.15, 0.2) is 36.7 Å². The minimum atomic E-state index is -0.915. The van der Waals surface area contributed by atoms with Gasteiger partial charge in [-0.05, 0) is 38.0 Å². The Kier molecular flexibility index (Phi) is 5.56. The summed E-state index contributed by atoms with van der Waals surface area (Å²) in [5.74, 6) is 0.886. The smallest absolute Gasteiger partial charge is 0.224 e. The second-order valence-corrected chi connectivity index (χ2v) is 7.13. The molecule has 3 heterocycles. The number of hydrogen-bond donors (Lipinski definition) is 1. The van der Waals surface area contributed by atoms with E-state index >= 15 is 0 Å². The summed E-state index contributed by atoms with van der Waals surface area (Å²) in [6.45, 7) is 4.21. The van der Waals surface area contributed by atoms with E-state index in [2.05, 4.69) is 15.0 Å². The van der Waals surface area contributed by atoms with Crippen LogP contribution in [0.25, 0.3) is 0 Å². The molecule has 0 radical (unpaired) electrons. The number of anilines is 1. The molecule has 140 valence electrons. The predicted octanol–water partition coefficient (Wildman–Crippen LogP) is 1.47. The number of carbonyl (C=O) groups is 1. The average molecular weight is 357 g/mol. The van der Waals surface area contributed by atoms with Gasteiger partial charge in [-0.3, -0.25) is 9.48 Å². The molecule has 0 aliphatic carbocycles. The summed E-state index contributed by atoms with van der Waals surface area (Å²) in [5.41, 5.74) is 0.124. The average Bonchev–Trinajstić information content (AvgIpc) is 3.05. The molecule has 1 unspecified atom stereocenters. The van der Waals surface area contributed by atoms with Crippen molar-refractivity contribution in [2.45, 2.75) is 38.3 Å². The monoisotopic (exact) mass is 357 g/mol. The highest BCUT2D eigenvalue weighted by atomic mass is 16.3. The second kappa shape index (κ2) is 7.86. The number of β-amino-alcohol motifs (C(OH)–C–C–N with tert-alkyl or cyclic N) is 1. The normalized spacial score (nSPS) is 20.2. The number of pyridine rings is 1. The summed E-state index contributed by atoms with van der Waals surface area (Å²) in [4.78, 5) is 20.6. The number of aromatic nitrogens is 3. The molecule has 7 heteroatoms. The van der Waals surface area contributed by atoms with E-state index in [-0.39, 0.29) is 5.91 Å². The highest BCUT2D eigenvalue weighted by Crippen LogP contribution is 2.25. The van der Waals surface area contributed by atoms with E-state index in [1.807, 2.05) is 35.9 Å². The molecule has 26 heavy (non-hydrogen) atoms. The van der Waals surface area contributed by atoms with Gasteiger partial charge in [0.05, 0.1) is 12.1 Å². The lowest BCUT2D eigenvalue weighted by Gasteiger charge is -2.41. The molecule has 1 N–H and O–H groups in total. The summed E-state index contributed by atoms with van der Waals surface area (Å²) >= 11 is 0. The number of rotatable bonds is 6. The van der Waals surface area contributed by atoms with Crippen LogP contribution >= 0.6 is 0 Å². The number of amides is 1. The van der Waals surface area contributed by atoms with E-state index in [4.69, 9.17) is 0 Å². The van der Waals surface area contributed by atoms with Crippen molar-refractivity contribution in [3.63, 3.8) is 0 Å². The zero-order valence-electron chi connectivity index (χ0n) is 15.5. The SMILES string of the molecule is Cc1ccnn1CCC(=O)N(C)CC1(O)CCCN(c2ccccn2)C1. The van der Waals surface area contributed by atoms with Crippen LogP contribution in [0.5, 0.6) is 0 Å². The summed E-state index contributed by atoms with van der Waals surface area (Å²) < 4.78 is 1.82. The van der Waals surface area contributed by atoms with Gasteiger partial charge in [0, 0.05) is 51.2 Å². The Morgan fingerprint density at radius 3 is 2.88 bits per heavy atom. The fraction of sp³-hybridized carbons (Fsp3) is 0.526. The topological polar surface area (TPSA) is 74.5 Å². The fourth-order valence-electron chi connectivity index (χ4n) is 3.53. The van der Waals surface area contributed by atoms with Crippen molar-refractivity contribution >= 4 is 11.7 Å². The lowest BCUT2D eigenvalue weighted by molar-refractivity contribution is -0.133. The summed E-state index contributed by atoms with van der Waals surface area (Å²) in [5, 5.41) is 15.2. The number of carbonyl (C=O) groups excluding carboxylic acids is 1. The first-order valence-electron chi connectivity index (χ1n) is 9.08. The third kappa shape index (κ3) is 4.40. The van der Waals surface area contributed by atoms with Gasteiger partial charge in [0.2, 0.25) is 5.91 Å². The third-order valence-corrected chi connectivity index (χ3v) is 4.95. The van der Waals surface area contributed by atoms with Gasteiger partial charge in [0.25, 0.3) is 0 Å². The molecular weight excluding hydrogens is 330 g/mol. The largest absolute Gasteiger partial charge is 0.386 e. The molecule has 2 aromatic rings. The van der Waals surface area contributed by atoms with Crippen molar-refractivity contribution in [2.75, 3.05) is 31.6 Å². The van der Waals surface area contributed by atoms with Gasteiger partial charge in [0.15, 0.2) is 0 Å². The first-order chi connectivity index (χ1) is 12.5. The molecule has 0 saturated carbocycles. The van der Waals surface area contributed by atoms with Gasteiger partial charge < -0.3 is 14.9 Å². The number of piperidine rings is 1. The lowest BCUT2D eigenvalue weighted by atomic mass is 9.92. The van der Waals surface area contributed by atoms with Crippen LogP contribution < -0.4 is 4.90 Å². The van der Waals surface area contributed by atoms with E-state index in [9.17, 15) is 9.90 Å². The Bertz CT molecular complexity index is 733. The van der Waals surface area contributed by atoms with E-state index in [0.717, 1.165) is 24.5 Å². The number of likely N-dealkylation sites (N-methyl/N-ethyl adjacent to an activating group) is 1. The maximum atomic E-state index is 12.5. The molecule has 0 aromatic carbocycles. The van der Waals surface area contributed by atoms with Gasteiger partial charge >= 0.3 is 0 Å². The van der Waals surface area contributed by atoms with Crippen LogP contribution in [0.1, 0.15) is 25.0 Å². The van der Waals surface area contributed by atoms with E-state index in [0.29, 0.717) is 32.5 Å². The van der Waals surface area contributed by atoms with Crippen LogP contribution in [0, 0.1) is 6.92 Å². The molecule has 7 nitrogen and oxygen atoms in total. The summed E-state index contributed by atoms with van der Waals surface area (Å²) in [6.07, 6.45) is 5.43. The Morgan fingerprint density at radius 1 is 1.35 bits per heavy atom. The first-order valence-corrected chi connectivity index (χ1v) is 9.08. The Balaban J connectivity index is 1.56. The predicted molar refractivity (Wildman–Crippen MR) is 99.9 cm³/mol. The Morgan fingerprint density at radius 2 is 2.19 bits per heavy atom. The van der Waals surface area contributed by atoms with Crippen LogP contribution in [0.2, 0.25) is 0 Å². The number of nitrogens with zero attached hydrogens (tertiary/aromatic N) is 5. The van der Waals surface area contributed by atoms with Crippen LogP contribution in [0.3, 0.4) is 0 Å². The van der Waals surface area contributed by atoms with Crippen LogP contribution in [-0.4, -0.2) is 63.0 Å². The summed E-state index contributed by atoms with van der Waals surface area (Å²) in [6, 6.07) is 7.70. The molecule has 1 saturated heterocycles. The van der Waals surface area contributed by atoms with Gasteiger partial charge in [-0.2, -0.15) is 5.10 Å². The minimum Gasteiger partial charge on any atom is -0.386 e. The number of hydrogen-bond acceptors (Lipinski definition) is 5. The molecular formula is C19H27N5O2. The quantitative estimate of drug-likeness (QED) is 0.847. The highest BCUT2D eigenvalue weighted by Gasteiger charge is 2.35. The molecule has 3 rings (SSSR count). The van der Waals surface area contributed by atoms with Gasteiger partial charge in [0.1, 0.15) is 5.82 Å². The third-order valence-electron chi connectivity index (χ3n) is 4.95. The minimum absolute atomic E-state index is 0.0169. The molecule has 0 bridgehead atoms. The Labute approximate surface area is 154 Å². The van der Waals surface area contributed by atoms with Crippen LogP contribution in [0.4, 0.5) is 5.82 Å². The number of aliphatic hydroxyl groups is 1. The molecule has 2 aromatic heterocycles. The number of aryl methyl sites for hydroxylation is 2. The second-order valence-electron chi connectivity index (χ2n) is 7.13.